The molecular weight excluding hydrogens is 186 g/mol. The van der Waals surface area contributed by atoms with Crippen LogP contribution in [0.4, 0.5) is 0 Å². The molecule has 0 aliphatic carbocycles. The lowest BCUT2D eigenvalue weighted by atomic mass is 10.3. The van der Waals surface area contributed by atoms with Gasteiger partial charge in [0, 0.05) is 11.8 Å². The Morgan fingerprint density at radius 3 is 2.93 bits per heavy atom. The summed E-state index contributed by atoms with van der Waals surface area (Å²) in [6, 6.07) is 3.08. The first-order chi connectivity index (χ1) is 6.70. The smallest absolute Gasteiger partial charge is 0.375 e. The van der Waals surface area contributed by atoms with Gasteiger partial charge in [-0.2, -0.15) is 0 Å². The summed E-state index contributed by atoms with van der Waals surface area (Å²) in [5.41, 5.74) is 0.812. The van der Waals surface area contributed by atoms with Crippen molar-refractivity contribution in [3.8, 4) is 0 Å². The fraction of sp³-hybridized carbons (Fsp3) is 0. The summed E-state index contributed by atoms with van der Waals surface area (Å²) in [4.78, 5) is 24.7. The van der Waals surface area contributed by atoms with Gasteiger partial charge in [0.05, 0.1) is 0 Å². The molecule has 0 aromatic carbocycles. The van der Waals surface area contributed by atoms with Crippen LogP contribution in [0.2, 0.25) is 0 Å². The van der Waals surface area contributed by atoms with Gasteiger partial charge in [-0.25, -0.2) is 14.3 Å². The van der Waals surface area contributed by atoms with Crippen LogP contribution in [0.1, 0.15) is 21.0 Å². The molecule has 0 amide bonds. The van der Waals surface area contributed by atoms with E-state index in [4.69, 9.17) is 5.11 Å². The van der Waals surface area contributed by atoms with Crippen molar-refractivity contribution in [3.05, 3.63) is 29.7 Å². The number of carbonyl (C=O) groups excluding carboxylic acids is 1. The lowest BCUT2D eigenvalue weighted by Gasteiger charge is -1.90. The SMILES string of the molecule is O=Cc1ccc2nc(C(=O)O)nn2c1. The Labute approximate surface area is 77.8 Å². The zero-order chi connectivity index (χ0) is 10.1. The molecule has 1 N–H and O–H groups in total. The quantitative estimate of drug-likeness (QED) is 0.687. The molecule has 0 saturated heterocycles. The highest BCUT2D eigenvalue weighted by Crippen LogP contribution is 2.03. The van der Waals surface area contributed by atoms with Gasteiger partial charge in [-0.3, -0.25) is 4.79 Å². The number of pyridine rings is 1. The predicted molar refractivity (Wildman–Crippen MR) is 45.3 cm³/mol. The predicted octanol–water partition coefficient (Wildman–Crippen LogP) is 0.240. The Morgan fingerprint density at radius 1 is 1.50 bits per heavy atom. The monoisotopic (exact) mass is 191 g/mol. The van der Waals surface area contributed by atoms with Crippen molar-refractivity contribution < 1.29 is 14.7 Å². The van der Waals surface area contributed by atoms with Crippen LogP contribution in [0, 0.1) is 0 Å². The summed E-state index contributed by atoms with van der Waals surface area (Å²) in [5, 5.41) is 12.3. The third-order valence-electron chi connectivity index (χ3n) is 1.68. The second kappa shape index (κ2) is 2.91. The molecule has 70 valence electrons. The summed E-state index contributed by atoms with van der Waals surface area (Å²) in [7, 11) is 0. The van der Waals surface area contributed by atoms with E-state index in [0.717, 1.165) is 0 Å². The van der Waals surface area contributed by atoms with Crippen LogP contribution in [0.3, 0.4) is 0 Å². The number of fused-ring (bicyclic) bond motifs is 1. The second-order valence-electron chi connectivity index (χ2n) is 2.62. The molecular formula is C8H5N3O3. The minimum atomic E-state index is -1.19. The number of aldehydes is 1. The summed E-state index contributed by atoms with van der Waals surface area (Å²) in [5.74, 6) is -1.48. The number of carbonyl (C=O) groups is 2. The largest absolute Gasteiger partial charge is 0.475 e. The van der Waals surface area contributed by atoms with Crippen LogP contribution in [-0.2, 0) is 0 Å². The maximum Gasteiger partial charge on any atom is 0.375 e. The summed E-state index contributed by atoms with van der Waals surface area (Å²) in [6.07, 6.45) is 2.07. The van der Waals surface area contributed by atoms with Crippen LogP contribution < -0.4 is 0 Å². The van der Waals surface area contributed by atoms with Gasteiger partial charge in [0.15, 0.2) is 11.9 Å². The number of nitrogens with zero attached hydrogens (tertiary/aromatic N) is 3. The molecule has 14 heavy (non-hydrogen) atoms. The van der Waals surface area contributed by atoms with E-state index in [0.29, 0.717) is 17.5 Å². The first-order valence-corrected chi connectivity index (χ1v) is 3.75. The maximum absolute atomic E-state index is 10.5. The van der Waals surface area contributed by atoms with Crippen molar-refractivity contribution in [1.29, 1.82) is 0 Å². The first-order valence-electron chi connectivity index (χ1n) is 3.75. The molecule has 6 heteroatoms. The number of carboxylic acids is 1. The summed E-state index contributed by atoms with van der Waals surface area (Å²) in [6.45, 7) is 0. The highest BCUT2D eigenvalue weighted by molar-refractivity contribution is 5.84. The van der Waals surface area contributed by atoms with Crippen molar-refractivity contribution >= 4 is 17.9 Å². The normalized spacial score (nSPS) is 10.3. The van der Waals surface area contributed by atoms with Gasteiger partial charge < -0.3 is 5.11 Å². The standard InChI is InChI=1S/C8H5N3O3/c12-4-5-1-2-6-9-7(8(13)14)10-11(6)3-5/h1-4H,(H,13,14). The topological polar surface area (TPSA) is 84.6 Å². The van der Waals surface area contributed by atoms with E-state index in [2.05, 4.69) is 10.1 Å². The van der Waals surface area contributed by atoms with E-state index in [1.54, 1.807) is 6.07 Å². The summed E-state index contributed by atoms with van der Waals surface area (Å²) >= 11 is 0. The molecule has 0 radical (unpaired) electrons. The van der Waals surface area contributed by atoms with Crippen LogP contribution in [-0.4, -0.2) is 32.0 Å². The molecule has 0 saturated carbocycles. The zero-order valence-electron chi connectivity index (χ0n) is 6.91. The molecule has 2 heterocycles. The molecule has 0 bridgehead atoms. The molecule has 0 atom stereocenters. The molecule has 6 nitrogen and oxygen atoms in total. The van der Waals surface area contributed by atoms with Crippen LogP contribution >= 0.6 is 0 Å². The molecule has 0 fully saturated rings. The Morgan fingerprint density at radius 2 is 2.29 bits per heavy atom. The number of hydrogen-bond donors (Lipinski definition) is 1. The van der Waals surface area contributed by atoms with Crippen molar-refractivity contribution in [2.75, 3.05) is 0 Å². The number of carboxylic acid groups (broad SMARTS) is 1. The Kier molecular flexibility index (Phi) is 1.74. The van der Waals surface area contributed by atoms with Crippen LogP contribution in [0.5, 0.6) is 0 Å². The lowest BCUT2D eigenvalue weighted by Crippen LogP contribution is -1.99. The molecule has 2 aromatic heterocycles. The molecule has 0 aliphatic rings. The van der Waals surface area contributed by atoms with Crippen LogP contribution in [0.25, 0.3) is 5.65 Å². The van der Waals surface area contributed by atoms with Gasteiger partial charge in [0.25, 0.3) is 5.82 Å². The van der Waals surface area contributed by atoms with Crippen molar-refractivity contribution in [2.24, 2.45) is 0 Å². The second-order valence-corrected chi connectivity index (χ2v) is 2.62. The van der Waals surface area contributed by atoms with Gasteiger partial charge in [-0.15, -0.1) is 5.10 Å². The molecule has 0 aliphatic heterocycles. The van der Waals surface area contributed by atoms with E-state index in [1.165, 1.54) is 16.8 Å². The molecule has 2 aromatic rings. The molecule has 2 rings (SSSR count). The van der Waals surface area contributed by atoms with Crippen molar-refractivity contribution in [2.45, 2.75) is 0 Å². The minimum absolute atomic E-state index is 0.284. The zero-order valence-corrected chi connectivity index (χ0v) is 6.91. The van der Waals surface area contributed by atoms with Crippen LogP contribution in [0.15, 0.2) is 18.3 Å². The van der Waals surface area contributed by atoms with Gasteiger partial charge in [-0.05, 0) is 12.1 Å². The maximum atomic E-state index is 10.5. The van der Waals surface area contributed by atoms with E-state index in [-0.39, 0.29) is 5.82 Å². The molecule has 0 spiro atoms. The fourth-order valence-electron chi connectivity index (χ4n) is 1.06. The summed E-state index contributed by atoms with van der Waals surface area (Å²) < 4.78 is 1.26. The highest BCUT2D eigenvalue weighted by atomic mass is 16.4. The molecule has 0 unspecified atom stereocenters. The van der Waals surface area contributed by atoms with Gasteiger partial charge in [0.1, 0.15) is 0 Å². The number of rotatable bonds is 2. The van der Waals surface area contributed by atoms with E-state index < -0.39 is 5.97 Å². The number of aromatic carboxylic acids is 1. The fourth-order valence-corrected chi connectivity index (χ4v) is 1.06. The van der Waals surface area contributed by atoms with E-state index >= 15 is 0 Å². The Balaban J connectivity index is 2.65. The Hall–Kier alpha value is -2.24. The number of aromatic nitrogens is 3. The average molecular weight is 191 g/mol. The van der Waals surface area contributed by atoms with Gasteiger partial charge in [0.2, 0.25) is 0 Å². The van der Waals surface area contributed by atoms with E-state index in [9.17, 15) is 9.59 Å². The average Bonchev–Trinajstić information content (AvgIpc) is 2.59. The highest BCUT2D eigenvalue weighted by Gasteiger charge is 2.10. The first kappa shape index (κ1) is 8.36. The van der Waals surface area contributed by atoms with Gasteiger partial charge >= 0.3 is 5.97 Å². The Bertz CT molecular complexity index is 518. The minimum Gasteiger partial charge on any atom is -0.475 e. The van der Waals surface area contributed by atoms with Crippen molar-refractivity contribution in [1.82, 2.24) is 14.6 Å². The van der Waals surface area contributed by atoms with Crippen molar-refractivity contribution in [3.63, 3.8) is 0 Å². The lowest BCUT2D eigenvalue weighted by molar-refractivity contribution is 0.0684. The number of hydrogen-bond acceptors (Lipinski definition) is 4. The van der Waals surface area contributed by atoms with E-state index in [1.807, 2.05) is 0 Å². The third kappa shape index (κ3) is 1.22. The third-order valence-corrected chi connectivity index (χ3v) is 1.68. The van der Waals surface area contributed by atoms with Gasteiger partial charge in [-0.1, -0.05) is 0 Å².